The van der Waals surface area contributed by atoms with Crippen molar-refractivity contribution in [3.05, 3.63) is 63.9 Å². The number of hydrogen-bond donors (Lipinski definition) is 1. The van der Waals surface area contributed by atoms with Gasteiger partial charge in [-0.3, -0.25) is 4.98 Å². The summed E-state index contributed by atoms with van der Waals surface area (Å²) in [5, 5.41) is 9.58. The molecule has 2 aromatic rings. The van der Waals surface area contributed by atoms with Crippen LogP contribution in [-0.4, -0.2) is 16.1 Å². The van der Waals surface area contributed by atoms with Gasteiger partial charge in [0, 0.05) is 29.6 Å². The molecule has 0 aliphatic rings. The summed E-state index contributed by atoms with van der Waals surface area (Å²) < 4.78 is 5.68. The Labute approximate surface area is 131 Å². The number of halogens is 2. The van der Waals surface area contributed by atoms with E-state index in [1.54, 1.807) is 30.5 Å². The summed E-state index contributed by atoms with van der Waals surface area (Å²) in [5.41, 5.74) is 1.34. The molecule has 108 valence electrons. The topological polar surface area (TPSA) is 59.4 Å². The van der Waals surface area contributed by atoms with Crippen LogP contribution >= 0.6 is 23.2 Å². The summed E-state index contributed by atoms with van der Waals surface area (Å²) in [7, 11) is 0. The Kier molecular flexibility index (Phi) is 5.20. The largest absolute Gasteiger partial charge is 0.487 e. The summed E-state index contributed by atoms with van der Waals surface area (Å²) in [5.74, 6) is -0.636. The van der Waals surface area contributed by atoms with Crippen molar-refractivity contribution >= 4 is 35.2 Å². The SMILES string of the molecule is O=C(O)/C=C/c1cccc(Cl)c1OCc1ccncc1Cl. The number of para-hydroxylation sites is 1. The highest BCUT2D eigenvalue weighted by molar-refractivity contribution is 6.32. The van der Waals surface area contributed by atoms with Crippen molar-refractivity contribution in [2.75, 3.05) is 0 Å². The number of pyridine rings is 1. The third-order valence-electron chi connectivity index (χ3n) is 2.63. The highest BCUT2D eigenvalue weighted by Crippen LogP contribution is 2.31. The van der Waals surface area contributed by atoms with Gasteiger partial charge in [-0.1, -0.05) is 35.3 Å². The van der Waals surface area contributed by atoms with Crippen molar-refractivity contribution in [2.24, 2.45) is 0 Å². The fourth-order valence-electron chi connectivity index (χ4n) is 1.64. The molecule has 0 bridgehead atoms. The second kappa shape index (κ2) is 7.11. The average Bonchev–Trinajstić information content (AvgIpc) is 2.45. The van der Waals surface area contributed by atoms with Crippen LogP contribution in [0.4, 0.5) is 0 Å². The summed E-state index contributed by atoms with van der Waals surface area (Å²) in [6.45, 7) is 0.207. The van der Waals surface area contributed by atoms with Crippen LogP contribution < -0.4 is 4.74 Å². The molecule has 0 radical (unpaired) electrons. The molecule has 0 fully saturated rings. The van der Waals surface area contributed by atoms with Gasteiger partial charge in [0.25, 0.3) is 0 Å². The van der Waals surface area contributed by atoms with E-state index in [0.717, 1.165) is 11.6 Å². The third kappa shape index (κ3) is 4.21. The van der Waals surface area contributed by atoms with Crippen LogP contribution in [0.2, 0.25) is 10.0 Å². The van der Waals surface area contributed by atoms with Gasteiger partial charge in [0.2, 0.25) is 0 Å². The zero-order chi connectivity index (χ0) is 15.2. The molecule has 6 heteroatoms. The molecule has 0 amide bonds. The van der Waals surface area contributed by atoms with Crippen molar-refractivity contribution in [3.8, 4) is 5.75 Å². The van der Waals surface area contributed by atoms with Crippen LogP contribution in [0.3, 0.4) is 0 Å². The molecule has 0 atom stereocenters. The number of carboxylic acid groups (broad SMARTS) is 1. The Morgan fingerprint density at radius 3 is 2.81 bits per heavy atom. The van der Waals surface area contributed by atoms with Crippen molar-refractivity contribution in [1.82, 2.24) is 4.98 Å². The lowest BCUT2D eigenvalue weighted by molar-refractivity contribution is -0.131. The molecular formula is C15H11Cl2NO3. The first kappa shape index (κ1) is 15.4. The van der Waals surface area contributed by atoms with Gasteiger partial charge >= 0.3 is 5.97 Å². The second-order valence-electron chi connectivity index (χ2n) is 4.09. The Morgan fingerprint density at radius 2 is 2.10 bits per heavy atom. The van der Waals surface area contributed by atoms with E-state index < -0.39 is 5.97 Å². The number of hydrogen-bond acceptors (Lipinski definition) is 3. The van der Waals surface area contributed by atoms with Crippen molar-refractivity contribution in [2.45, 2.75) is 6.61 Å². The van der Waals surface area contributed by atoms with Crippen molar-refractivity contribution in [1.29, 1.82) is 0 Å². The van der Waals surface area contributed by atoms with E-state index >= 15 is 0 Å². The van der Waals surface area contributed by atoms with Gasteiger partial charge < -0.3 is 9.84 Å². The van der Waals surface area contributed by atoms with Gasteiger partial charge in [-0.15, -0.1) is 0 Å². The van der Waals surface area contributed by atoms with Gasteiger partial charge in [0.15, 0.2) is 0 Å². The van der Waals surface area contributed by atoms with Crippen LogP contribution in [0.5, 0.6) is 5.75 Å². The first-order valence-corrected chi connectivity index (χ1v) is 6.74. The third-order valence-corrected chi connectivity index (χ3v) is 3.27. The lowest BCUT2D eigenvalue weighted by Gasteiger charge is -2.11. The number of rotatable bonds is 5. The molecule has 0 saturated heterocycles. The van der Waals surface area contributed by atoms with Crippen molar-refractivity contribution < 1.29 is 14.6 Å². The minimum atomic E-state index is -1.04. The minimum absolute atomic E-state index is 0.207. The van der Waals surface area contributed by atoms with E-state index in [0.29, 0.717) is 21.4 Å². The van der Waals surface area contributed by atoms with E-state index in [1.807, 2.05) is 0 Å². The predicted molar refractivity (Wildman–Crippen MR) is 81.7 cm³/mol. The van der Waals surface area contributed by atoms with Gasteiger partial charge in [-0.05, 0) is 18.2 Å². The quantitative estimate of drug-likeness (QED) is 0.843. The van der Waals surface area contributed by atoms with Gasteiger partial charge in [-0.2, -0.15) is 0 Å². The van der Waals surface area contributed by atoms with E-state index in [9.17, 15) is 4.79 Å². The van der Waals surface area contributed by atoms with Crippen LogP contribution in [0.1, 0.15) is 11.1 Å². The minimum Gasteiger partial charge on any atom is -0.487 e. The first-order chi connectivity index (χ1) is 10.1. The monoisotopic (exact) mass is 323 g/mol. The molecule has 0 saturated carbocycles. The number of carboxylic acids is 1. The predicted octanol–water partition coefficient (Wildman–Crippen LogP) is 4.07. The lowest BCUT2D eigenvalue weighted by atomic mass is 10.2. The number of ether oxygens (including phenoxy) is 1. The molecule has 1 aromatic carbocycles. The number of benzene rings is 1. The van der Waals surface area contributed by atoms with Crippen LogP contribution in [0.25, 0.3) is 6.08 Å². The number of aromatic nitrogens is 1. The van der Waals surface area contributed by atoms with Gasteiger partial charge in [0.05, 0.1) is 10.0 Å². The molecular weight excluding hydrogens is 313 g/mol. The van der Waals surface area contributed by atoms with Crippen LogP contribution in [0, 0.1) is 0 Å². The molecule has 1 aromatic heterocycles. The molecule has 2 rings (SSSR count). The lowest BCUT2D eigenvalue weighted by Crippen LogP contribution is -1.99. The molecule has 0 aliphatic heterocycles. The molecule has 0 spiro atoms. The molecule has 0 aliphatic carbocycles. The smallest absolute Gasteiger partial charge is 0.328 e. The van der Waals surface area contributed by atoms with Crippen LogP contribution in [-0.2, 0) is 11.4 Å². The fraction of sp³-hybridized carbons (Fsp3) is 0.0667. The highest BCUT2D eigenvalue weighted by Gasteiger charge is 2.08. The van der Waals surface area contributed by atoms with Gasteiger partial charge in [0.1, 0.15) is 12.4 Å². The second-order valence-corrected chi connectivity index (χ2v) is 4.90. The maximum Gasteiger partial charge on any atom is 0.328 e. The van der Waals surface area contributed by atoms with E-state index in [1.165, 1.54) is 12.3 Å². The Morgan fingerprint density at radius 1 is 1.29 bits per heavy atom. The number of nitrogens with zero attached hydrogens (tertiary/aromatic N) is 1. The normalized spacial score (nSPS) is 10.8. The summed E-state index contributed by atoms with van der Waals surface area (Å²) in [4.78, 5) is 14.5. The summed E-state index contributed by atoms with van der Waals surface area (Å²) >= 11 is 12.1. The Balaban J connectivity index is 2.23. The highest BCUT2D eigenvalue weighted by atomic mass is 35.5. The number of carbonyl (C=O) groups is 1. The van der Waals surface area contributed by atoms with Crippen molar-refractivity contribution in [3.63, 3.8) is 0 Å². The molecule has 0 unspecified atom stereocenters. The average molecular weight is 324 g/mol. The molecule has 1 N–H and O–H groups in total. The zero-order valence-corrected chi connectivity index (χ0v) is 12.3. The maximum atomic E-state index is 10.6. The van der Waals surface area contributed by atoms with E-state index in [4.69, 9.17) is 33.0 Å². The molecule has 21 heavy (non-hydrogen) atoms. The fourth-order valence-corrected chi connectivity index (χ4v) is 2.05. The number of aliphatic carboxylic acids is 1. The summed E-state index contributed by atoms with van der Waals surface area (Å²) in [6, 6.07) is 6.85. The molecule has 1 heterocycles. The Hall–Kier alpha value is -2.04. The Bertz CT molecular complexity index is 686. The van der Waals surface area contributed by atoms with Crippen LogP contribution in [0.15, 0.2) is 42.7 Å². The summed E-state index contributed by atoms with van der Waals surface area (Å²) in [6.07, 6.45) is 5.59. The van der Waals surface area contributed by atoms with E-state index in [2.05, 4.69) is 4.98 Å². The van der Waals surface area contributed by atoms with Gasteiger partial charge in [-0.25, -0.2) is 4.79 Å². The molecule has 4 nitrogen and oxygen atoms in total. The zero-order valence-electron chi connectivity index (χ0n) is 10.8. The standard InChI is InChI=1S/C15H11Cl2NO3/c16-12-3-1-2-10(4-5-14(19)20)15(12)21-9-11-6-7-18-8-13(11)17/h1-8H,9H2,(H,19,20)/b5-4+. The first-order valence-electron chi connectivity index (χ1n) is 5.98. The van der Waals surface area contributed by atoms with E-state index in [-0.39, 0.29) is 6.61 Å². The maximum absolute atomic E-state index is 10.6.